The van der Waals surface area contributed by atoms with E-state index in [0.29, 0.717) is 0 Å². The molecule has 0 aliphatic rings. The minimum Gasteiger partial charge on any atom is -0.103 e. The van der Waals surface area contributed by atoms with Crippen LogP contribution < -0.4 is 0 Å². The van der Waals surface area contributed by atoms with Crippen LogP contribution in [0.1, 0.15) is 40.0 Å². The van der Waals surface area contributed by atoms with Crippen molar-refractivity contribution >= 4 is 0 Å². The second kappa shape index (κ2) is 15.9. The van der Waals surface area contributed by atoms with Crippen LogP contribution in [-0.4, -0.2) is 0 Å². The van der Waals surface area contributed by atoms with Gasteiger partial charge in [-0.05, 0) is 6.42 Å². The molecule has 0 spiro atoms. The smallest absolute Gasteiger partial charge is 0.0382 e. The molecule has 0 fully saturated rings. The molecule has 0 saturated heterocycles. The molecule has 0 radical (unpaired) electrons. The van der Waals surface area contributed by atoms with Gasteiger partial charge in [0.15, 0.2) is 0 Å². The van der Waals surface area contributed by atoms with Crippen molar-refractivity contribution in [2.75, 3.05) is 0 Å². The lowest BCUT2D eigenvalue weighted by Crippen LogP contribution is -1.47. The Bertz CT molecular complexity index is 27.0. The zero-order valence-corrected chi connectivity index (χ0v) is 6.41. The summed E-state index contributed by atoms with van der Waals surface area (Å²) in [5, 5.41) is 0. The van der Waals surface area contributed by atoms with Gasteiger partial charge in [-0.1, -0.05) is 39.7 Å². The summed E-state index contributed by atoms with van der Waals surface area (Å²) in [5.74, 6) is 0. The van der Waals surface area contributed by atoms with Gasteiger partial charge in [-0.3, -0.25) is 0 Å². The molecule has 0 aromatic carbocycles. The van der Waals surface area contributed by atoms with E-state index in [4.69, 9.17) is 0 Å². The molecule has 0 rings (SSSR count). The number of allylic oxidation sites excluding steroid dienone is 1. The van der Waals surface area contributed by atoms with E-state index in [1.54, 1.807) is 0 Å². The van der Waals surface area contributed by atoms with Crippen molar-refractivity contribution in [3.8, 4) is 0 Å². The molecule has 0 aromatic rings. The fraction of sp³-hybridized carbons (Fsp3) is 0.750. The average molecular weight is 114 g/mol. The lowest BCUT2D eigenvalue weighted by atomic mass is 10.4. The zero-order chi connectivity index (χ0) is 6.83. The molecular weight excluding hydrogens is 96.1 g/mol. The third kappa shape index (κ3) is 42.6. The molecule has 0 N–H and O–H groups in total. The summed E-state index contributed by atoms with van der Waals surface area (Å²) in [6, 6.07) is 0. The van der Waals surface area contributed by atoms with Crippen LogP contribution in [0, 0.1) is 0 Å². The van der Waals surface area contributed by atoms with Crippen LogP contribution in [0.2, 0.25) is 0 Å². The van der Waals surface area contributed by atoms with Crippen LogP contribution in [0.3, 0.4) is 0 Å². The van der Waals surface area contributed by atoms with Gasteiger partial charge in [-0.25, -0.2) is 0 Å². The summed E-state index contributed by atoms with van der Waals surface area (Å²) in [5.41, 5.74) is 0. The van der Waals surface area contributed by atoms with Crippen molar-refractivity contribution in [3.63, 3.8) is 0 Å². The molecule has 0 bridgehead atoms. The lowest BCUT2D eigenvalue weighted by molar-refractivity contribution is 0.886. The molecule has 0 aliphatic carbocycles. The fourth-order valence-electron chi connectivity index (χ4n) is 0. The van der Waals surface area contributed by atoms with E-state index >= 15 is 0 Å². The lowest BCUT2D eigenvalue weighted by Gasteiger charge is -1.68. The SMILES string of the molecule is C=CCC.CCCC. The second-order valence-corrected chi connectivity index (χ2v) is 1.70. The van der Waals surface area contributed by atoms with E-state index in [1.807, 2.05) is 6.08 Å². The fourth-order valence-corrected chi connectivity index (χ4v) is 0. The van der Waals surface area contributed by atoms with E-state index in [1.165, 1.54) is 12.8 Å². The van der Waals surface area contributed by atoms with Gasteiger partial charge >= 0.3 is 0 Å². The highest BCUT2D eigenvalue weighted by Crippen LogP contribution is 1.76. The summed E-state index contributed by atoms with van der Waals surface area (Å²) in [6.45, 7) is 9.90. The first-order valence-electron chi connectivity index (χ1n) is 3.44. The minimum atomic E-state index is 1.08. The summed E-state index contributed by atoms with van der Waals surface area (Å²) < 4.78 is 0. The largest absolute Gasteiger partial charge is 0.103 e. The summed E-state index contributed by atoms with van der Waals surface area (Å²) in [7, 11) is 0. The van der Waals surface area contributed by atoms with Gasteiger partial charge in [0, 0.05) is 0 Å². The first kappa shape index (κ1) is 10.7. The van der Waals surface area contributed by atoms with Crippen molar-refractivity contribution < 1.29 is 0 Å². The van der Waals surface area contributed by atoms with E-state index in [2.05, 4.69) is 27.4 Å². The Hall–Kier alpha value is -0.260. The van der Waals surface area contributed by atoms with Crippen LogP contribution in [0.5, 0.6) is 0 Å². The van der Waals surface area contributed by atoms with E-state index < -0.39 is 0 Å². The van der Waals surface area contributed by atoms with Gasteiger partial charge in [0.2, 0.25) is 0 Å². The van der Waals surface area contributed by atoms with Gasteiger partial charge in [0.05, 0.1) is 0 Å². The van der Waals surface area contributed by atoms with Crippen molar-refractivity contribution in [3.05, 3.63) is 12.7 Å². The molecule has 8 heavy (non-hydrogen) atoms. The maximum Gasteiger partial charge on any atom is -0.0382 e. The minimum absolute atomic E-state index is 1.08. The third-order valence-corrected chi connectivity index (χ3v) is 0.789. The normalized spacial score (nSPS) is 6.88. The first-order chi connectivity index (χ1) is 3.83. The Morgan fingerprint density at radius 2 is 1.38 bits per heavy atom. The Labute approximate surface area is 53.6 Å². The number of unbranched alkanes of at least 4 members (excludes halogenated alkanes) is 1. The van der Waals surface area contributed by atoms with Crippen molar-refractivity contribution in [2.24, 2.45) is 0 Å². The molecule has 0 unspecified atom stereocenters. The highest BCUT2D eigenvalue weighted by Gasteiger charge is 1.56. The van der Waals surface area contributed by atoms with Gasteiger partial charge in [0.1, 0.15) is 0 Å². The predicted molar refractivity (Wildman–Crippen MR) is 41.1 cm³/mol. The number of hydrogen-bond donors (Lipinski definition) is 0. The molecule has 0 amide bonds. The Morgan fingerprint density at radius 1 is 1.12 bits per heavy atom. The first-order valence-corrected chi connectivity index (χ1v) is 3.44. The van der Waals surface area contributed by atoms with Gasteiger partial charge in [-0.15, -0.1) is 6.58 Å². The van der Waals surface area contributed by atoms with Crippen LogP contribution in [0.15, 0.2) is 12.7 Å². The quantitative estimate of drug-likeness (QED) is 0.483. The van der Waals surface area contributed by atoms with E-state index in [-0.39, 0.29) is 0 Å². The summed E-state index contributed by atoms with van der Waals surface area (Å²) in [4.78, 5) is 0. The Kier molecular flexibility index (Phi) is 21.2. The summed E-state index contributed by atoms with van der Waals surface area (Å²) in [6.07, 6.45) is 5.60. The van der Waals surface area contributed by atoms with E-state index in [9.17, 15) is 0 Å². The Morgan fingerprint density at radius 3 is 1.38 bits per heavy atom. The molecule has 0 nitrogen and oxygen atoms in total. The molecule has 0 heteroatoms. The number of rotatable bonds is 2. The number of hydrogen-bond acceptors (Lipinski definition) is 0. The van der Waals surface area contributed by atoms with Crippen molar-refractivity contribution in [1.82, 2.24) is 0 Å². The molecule has 0 saturated carbocycles. The topological polar surface area (TPSA) is 0 Å². The Balaban J connectivity index is 0. The molecule has 0 aliphatic heterocycles. The molecule has 0 aromatic heterocycles. The molecule has 50 valence electrons. The highest BCUT2D eigenvalue weighted by atomic mass is 13.6. The van der Waals surface area contributed by atoms with Crippen LogP contribution in [0.4, 0.5) is 0 Å². The van der Waals surface area contributed by atoms with Crippen LogP contribution in [0.25, 0.3) is 0 Å². The maximum atomic E-state index is 3.48. The van der Waals surface area contributed by atoms with Crippen LogP contribution >= 0.6 is 0 Å². The van der Waals surface area contributed by atoms with Gasteiger partial charge < -0.3 is 0 Å². The molecular formula is C8H18. The predicted octanol–water partition coefficient (Wildman–Crippen LogP) is 3.39. The zero-order valence-electron chi connectivity index (χ0n) is 6.41. The van der Waals surface area contributed by atoms with Crippen LogP contribution in [-0.2, 0) is 0 Å². The average Bonchev–Trinajstić information content (AvgIpc) is 1.88. The molecule has 0 atom stereocenters. The maximum absolute atomic E-state index is 3.48. The van der Waals surface area contributed by atoms with Crippen molar-refractivity contribution in [1.29, 1.82) is 0 Å². The highest BCUT2D eigenvalue weighted by molar-refractivity contribution is 4.60. The third-order valence-electron chi connectivity index (χ3n) is 0.789. The monoisotopic (exact) mass is 114 g/mol. The second-order valence-electron chi connectivity index (χ2n) is 1.70. The van der Waals surface area contributed by atoms with Gasteiger partial charge in [0.25, 0.3) is 0 Å². The standard InChI is InChI=1S/C4H10.C4H8/c2*1-3-4-2/h3-4H2,1-2H3;3H,1,4H2,2H3. The molecule has 0 heterocycles. The van der Waals surface area contributed by atoms with Gasteiger partial charge in [-0.2, -0.15) is 0 Å². The van der Waals surface area contributed by atoms with E-state index in [0.717, 1.165) is 6.42 Å². The summed E-state index contributed by atoms with van der Waals surface area (Å²) >= 11 is 0. The van der Waals surface area contributed by atoms with Crippen molar-refractivity contribution in [2.45, 2.75) is 40.0 Å².